The maximum Gasteiger partial charge on any atom is 0.176 e. The molecule has 0 bridgehead atoms. The van der Waals surface area contributed by atoms with Gasteiger partial charge in [0, 0.05) is 12.8 Å². The molecule has 0 heterocycles. The monoisotopic (exact) mass is 138 g/mol. The number of rotatable bonds is 3. The molecule has 1 aliphatic rings. The van der Waals surface area contributed by atoms with Gasteiger partial charge in [-0.3, -0.25) is 0 Å². The zero-order valence-electron chi connectivity index (χ0n) is 6.13. The SMILES string of the molecule is CC(=C=O)OC(C)C1C=C1. The Bertz CT molecular complexity index is 193. The number of allylic oxidation sites excluding steroid dienone is 1. The molecule has 0 amide bonds. The third-order valence-corrected chi connectivity index (χ3v) is 1.46. The Kier molecular flexibility index (Phi) is 1.93. The summed E-state index contributed by atoms with van der Waals surface area (Å²) in [6.07, 6.45) is 4.19. The lowest BCUT2D eigenvalue weighted by Crippen LogP contribution is -2.09. The van der Waals surface area contributed by atoms with E-state index in [0.717, 1.165) is 0 Å². The molecule has 54 valence electrons. The first-order valence-corrected chi connectivity index (χ1v) is 3.30. The summed E-state index contributed by atoms with van der Waals surface area (Å²) >= 11 is 0. The second kappa shape index (κ2) is 2.72. The van der Waals surface area contributed by atoms with Gasteiger partial charge in [-0.15, -0.1) is 0 Å². The molecular weight excluding hydrogens is 128 g/mol. The van der Waals surface area contributed by atoms with E-state index in [1.165, 1.54) is 0 Å². The quantitative estimate of drug-likeness (QED) is 0.334. The number of ether oxygens (including phenoxy) is 1. The first-order chi connectivity index (χ1) is 4.74. The number of hydrogen-bond donors (Lipinski definition) is 0. The van der Waals surface area contributed by atoms with Crippen molar-refractivity contribution >= 4 is 5.94 Å². The standard InChI is InChI=1S/C8H10O2/c1-6(5-9)10-7(2)8-3-4-8/h3-4,7-8H,1-2H3. The van der Waals surface area contributed by atoms with Crippen molar-refractivity contribution in [1.29, 1.82) is 0 Å². The summed E-state index contributed by atoms with van der Waals surface area (Å²) in [5.74, 6) is 2.46. The number of hydrogen-bond acceptors (Lipinski definition) is 2. The Balaban J connectivity index is 2.30. The van der Waals surface area contributed by atoms with Crippen LogP contribution in [0.5, 0.6) is 0 Å². The van der Waals surface area contributed by atoms with E-state index in [-0.39, 0.29) is 6.10 Å². The molecule has 0 N–H and O–H groups in total. The van der Waals surface area contributed by atoms with Crippen molar-refractivity contribution in [2.75, 3.05) is 0 Å². The van der Waals surface area contributed by atoms with E-state index < -0.39 is 0 Å². The summed E-state index contributed by atoms with van der Waals surface area (Å²) in [5.41, 5.74) is 0. The van der Waals surface area contributed by atoms with Crippen molar-refractivity contribution < 1.29 is 9.53 Å². The molecule has 0 spiro atoms. The van der Waals surface area contributed by atoms with E-state index in [1.807, 2.05) is 19.1 Å². The lowest BCUT2D eigenvalue weighted by atomic mass is 10.2. The van der Waals surface area contributed by atoms with Crippen LogP contribution in [0.25, 0.3) is 0 Å². The maximum atomic E-state index is 9.98. The summed E-state index contributed by atoms with van der Waals surface area (Å²) < 4.78 is 5.15. The van der Waals surface area contributed by atoms with Crippen molar-refractivity contribution in [3.63, 3.8) is 0 Å². The first kappa shape index (κ1) is 7.10. The average molecular weight is 138 g/mol. The largest absolute Gasteiger partial charge is 0.483 e. The van der Waals surface area contributed by atoms with Crippen LogP contribution >= 0.6 is 0 Å². The van der Waals surface area contributed by atoms with Crippen LogP contribution in [0, 0.1) is 5.92 Å². The van der Waals surface area contributed by atoms with Gasteiger partial charge in [0.25, 0.3) is 0 Å². The molecule has 1 rings (SSSR count). The van der Waals surface area contributed by atoms with Gasteiger partial charge in [0.1, 0.15) is 6.10 Å². The fourth-order valence-electron chi connectivity index (χ4n) is 0.759. The highest BCUT2D eigenvalue weighted by Gasteiger charge is 2.20. The van der Waals surface area contributed by atoms with Crippen LogP contribution in [0.15, 0.2) is 17.9 Å². The van der Waals surface area contributed by atoms with Crippen molar-refractivity contribution in [2.24, 2.45) is 5.92 Å². The molecular formula is C8H10O2. The van der Waals surface area contributed by atoms with Crippen LogP contribution in [-0.4, -0.2) is 12.0 Å². The molecule has 0 aliphatic heterocycles. The molecule has 0 aromatic carbocycles. The van der Waals surface area contributed by atoms with Gasteiger partial charge in [0.2, 0.25) is 0 Å². The van der Waals surface area contributed by atoms with Crippen molar-refractivity contribution in [2.45, 2.75) is 20.0 Å². The van der Waals surface area contributed by atoms with E-state index in [9.17, 15) is 4.79 Å². The highest BCUT2D eigenvalue weighted by Crippen LogP contribution is 2.23. The Morgan fingerprint density at radius 2 is 2.30 bits per heavy atom. The second-order valence-electron chi connectivity index (χ2n) is 2.44. The molecule has 10 heavy (non-hydrogen) atoms. The van der Waals surface area contributed by atoms with Crippen LogP contribution in [-0.2, 0) is 9.53 Å². The summed E-state index contributed by atoms with van der Waals surface area (Å²) in [4.78, 5) is 9.98. The van der Waals surface area contributed by atoms with Crippen molar-refractivity contribution in [3.8, 4) is 0 Å². The predicted molar refractivity (Wildman–Crippen MR) is 38.1 cm³/mol. The number of carbonyl (C=O) groups excluding carboxylic acids is 1. The second-order valence-corrected chi connectivity index (χ2v) is 2.44. The normalized spacial score (nSPS) is 17.8. The lowest BCUT2D eigenvalue weighted by molar-refractivity contribution is 0.124. The minimum atomic E-state index is 0.0986. The third-order valence-electron chi connectivity index (χ3n) is 1.46. The molecule has 2 heteroatoms. The summed E-state index contributed by atoms with van der Waals surface area (Å²) in [7, 11) is 0. The minimum Gasteiger partial charge on any atom is -0.483 e. The summed E-state index contributed by atoms with van der Waals surface area (Å²) in [6, 6.07) is 0. The van der Waals surface area contributed by atoms with Gasteiger partial charge >= 0.3 is 0 Å². The smallest absolute Gasteiger partial charge is 0.176 e. The fourth-order valence-corrected chi connectivity index (χ4v) is 0.759. The van der Waals surface area contributed by atoms with Gasteiger partial charge in [-0.25, -0.2) is 4.79 Å². The summed E-state index contributed by atoms with van der Waals surface area (Å²) in [6.45, 7) is 3.55. The van der Waals surface area contributed by atoms with Gasteiger partial charge in [0.15, 0.2) is 11.7 Å². The van der Waals surface area contributed by atoms with E-state index >= 15 is 0 Å². The molecule has 1 aliphatic carbocycles. The molecule has 0 saturated carbocycles. The Morgan fingerprint density at radius 3 is 2.70 bits per heavy atom. The van der Waals surface area contributed by atoms with Crippen LogP contribution in [0.4, 0.5) is 0 Å². The Hall–Kier alpha value is -1.01. The Morgan fingerprint density at radius 1 is 1.70 bits per heavy atom. The highest BCUT2D eigenvalue weighted by molar-refractivity contribution is 5.48. The minimum absolute atomic E-state index is 0.0986. The van der Waals surface area contributed by atoms with E-state index in [4.69, 9.17) is 4.74 Å². The van der Waals surface area contributed by atoms with Crippen molar-refractivity contribution in [3.05, 3.63) is 17.9 Å². The van der Waals surface area contributed by atoms with Crippen LogP contribution in [0.2, 0.25) is 0 Å². The van der Waals surface area contributed by atoms with Gasteiger partial charge in [0.05, 0.1) is 0 Å². The maximum absolute atomic E-state index is 9.98. The summed E-state index contributed by atoms with van der Waals surface area (Å²) in [5, 5.41) is 0. The predicted octanol–water partition coefficient (Wildman–Crippen LogP) is 1.31. The highest BCUT2D eigenvalue weighted by atomic mass is 16.5. The van der Waals surface area contributed by atoms with Crippen molar-refractivity contribution in [1.82, 2.24) is 0 Å². The van der Waals surface area contributed by atoms with Gasteiger partial charge < -0.3 is 4.74 Å². The topological polar surface area (TPSA) is 26.3 Å². The van der Waals surface area contributed by atoms with E-state index in [2.05, 4.69) is 0 Å². The first-order valence-electron chi connectivity index (χ1n) is 3.30. The third kappa shape index (κ3) is 1.74. The zero-order valence-corrected chi connectivity index (χ0v) is 6.13. The molecule has 0 aromatic rings. The molecule has 1 atom stereocenters. The fraction of sp³-hybridized carbons (Fsp3) is 0.500. The molecule has 1 unspecified atom stereocenters. The van der Waals surface area contributed by atoms with Gasteiger partial charge in [-0.05, 0) is 6.92 Å². The van der Waals surface area contributed by atoms with Crippen LogP contribution in [0.1, 0.15) is 13.8 Å². The molecule has 0 saturated heterocycles. The van der Waals surface area contributed by atoms with Gasteiger partial charge in [-0.2, -0.15) is 0 Å². The van der Waals surface area contributed by atoms with Gasteiger partial charge in [-0.1, -0.05) is 12.2 Å². The van der Waals surface area contributed by atoms with E-state index in [0.29, 0.717) is 11.7 Å². The van der Waals surface area contributed by atoms with E-state index in [1.54, 1.807) is 12.9 Å². The Labute approximate surface area is 60.2 Å². The van der Waals surface area contributed by atoms with Crippen LogP contribution in [0.3, 0.4) is 0 Å². The van der Waals surface area contributed by atoms with Crippen LogP contribution < -0.4 is 0 Å². The molecule has 2 nitrogen and oxygen atoms in total. The average Bonchev–Trinajstić information content (AvgIpc) is 2.68. The molecule has 0 fully saturated rings. The zero-order chi connectivity index (χ0) is 7.56. The lowest BCUT2D eigenvalue weighted by Gasteiger charge is -2.10. The molecule has 0 aromatic heterocycles. The molecule has 0 radical (unpaired) electrons.